The van der Waals surface area contributed by atoms with E-state index < -0.39 is 0 Å². The van der Waals surface area contributed by atoms with Crippen molar-refractivity contribution in [3.05, 3.63) is 425 Å². The molecule has 0 aliphatic carbocycles. The van der Waals surface area contributed by atoms with Gasteiger partial charge < -0.3 is 13.2 Å². The van der Waals surface area contributed by atoms with Crippen LogP contribution in [0.1, 0.15) is 0 Å². The summed E-state index contributed by atoms with van der Waals surface area (Å²) >= 11 is 0. The van der Waals surface area contributed by atoms with E-state index in [1.807, 2.05) is 24.4 Å². The maximum Gasteiger partial charge on any atom is 0.235 e. The maximum absolute atomic E-state index is 5.45. The van der Waals surface area contributed by atoms with E-state index in [1.54, 1.807) is 0 Å². The van der Waals surface area contributed by atoms with Crippen LogP contribution >= 0.6 is 0 Å². The first kappa shape index (κ1) is 73.3. The lowest BCUT2D eigenvalue weighted by atomic mass is 10.00. The van der Waals surface area contributed by atoms with E-state index in [0.717, 1.165) is 88.3 Å². The molecule has 0 spiro atoms. The highest BCUT2D eigenvalue weighted by Gasteiger charge is 2.32. The molecule has 0 aliphatic rings. The number of nitrogens with zero attached hydrogens (tertiary/aromatic N) is 12. The van der Waals surface area contributed by atoms with Crippen LogP contribution in [0, 0.1) is 0 Å². The highest BCUT2D eigenvalue weighted by atomic mass is 15.2. The fourth-order valence-corrected chi connectivity index (χ4v) is 23.7. The Morgan fingerprint density at radius 2 is 0.463 bits per heavy atom. The Bertz CT molecular complexity index is 11000. The van der Waals surface area contributed by atoms with Crippen LogP contribution in [0.5, 0.6) is 0 Å². The third-order valence-corrected chi connectivity index (χ3v) is 29.3. The van der Waals surface area contributed by atoms with Crippen molar-refractivity contribution in [3.63, 3.8) is 0 Å². The molecule has 0 atom stereocenters. The summed E-state index contributed by atoms with van der Waals surface area (Å²) in [5.74, 6) is 2.04. The lowest BCUT2D eigenvalue weighted by molar-refractivity contribution is 1.01. The van der Waals surface area contributed by atoms with Gasteiger partial charge in [-0.05, 0) is 106 Å². The highest BCUT2D eigenvalue weighted by molar-refractivity contribution is 6.41. The highest BCUT2D eigenvalue weighted by Crippen LogP contribution is 2.53. The number of hydrogen-bond donors (Lipinski definition) is 0. The van der Waals surface area contributed by atoms with Gasteiger partial charge in [-0.1, -0.05) is 340 Å². The summed E-state index contributed by atoms with van der Waals surface area (Å²) in [6.45, 7) is 0. The van der Waals surface area contributed by atoms with Crippen LogP contribution in [0.4, 0.5) is 0 Å². The van der Waals surface area contributed by atoms with Gasteiger partial charge in [0.1, 0.15) is 0 Å². The molecule has 0 saturated carbocycles. The van der Waals surface area contributed by atoms with Gasteiger partial charge in [-0.3, -0.25) is 13.7 Å². The third kappa shape index (κ3) is 9.98. The number of aromatic nitrogens is 12. The van der Waals surface area contributed by atoms with E-state index in [4.69, 9.17) is 29.9 Å². The van der Waals surface area contributed by atoms with Crippen LogP contribution in [0.25, 0.3) is 296 Å². The summed E-state index contributed by atoms with van der Waals surface area (Å²) in [6, 6.07) is 150. The molecule has 12 aromatic heterocycles. The quantitative estimate of drug-likeness (QED) is 0.170. The first-order valence-electron chi connectivity index (χ1n) is 46.4. The topological polar surface area (TPSA) is 105 Å². The number of hydrogen-bond acceptors (Lipinski definition) is 6. The maximum atomic E-state index is 5.45. The lowest BCUT2D eigenvalue weighted by Crippen LogP contribution is -2.03. The van der Waals surface area contributed by atoms with Crippen molar-refractivity contribution < 1.29 is 0 Å². The lowest BCUT2D eigenvalue weighted by Gasteiger charge is -2.12. The van der Waals surface area contributed by atoms with E-state index in [2.05, 4.69) is 427 Å². The second kappa shape index (κ2) is 27.5. The van der Waals surface area contributed by atoms with Crippen LogP contribution in [-0.2, 0) is 0 Å². The minimum absolute atomic E-state index is 0.671. The number of para-hydroxylation sites is 9. The Balaban J connectivity index is 0.0000000956. The molecule has 12 heteroatoms. The Morgan fingerprint density at radius 3 is 0.890 bits per heavy atom. The predicted octanol–water partition coefficient (Wildman–Crippen LogP) is 31.6. The van der Waals surface area contributed by atoms with Gasteiger partial charge in [0.15, 0.2) is 0 Å². The predicted molar refractivity (Wildman–Crippen MR) is 567 cm³/mol. The van der Waals surface area contributed by atoms with Crippen molar-refractivity contribution in [2.24, 2.45) is 0 Å². The van der Waals surface area contributed by atoms with Crippen molar-refractivity contribution in [2.45, 2.75) is 0 Å². The molecule has 0 N–H and O–H groups in total. The Hall–Kier alpha value is -18.5. The van der Waals surface area contributed by atoms with E-state index in [9.17, 15) is 0 Å². The van der Waals surface area contributed by atoms with E-state index in [0.29, 0.717) is 17.8 Å². The minimum Gasteiger partial charge on any atom is -0.307 e. The number of benzene rings is 21. The van der Waals surface area contributed by atoms with Gasteiger partial charge in [-0.25, -0.2) is 29.9 Å². The van der Waals surface area contributed by atoms with Gasteiger partial charge in [0.25, 0.3) is 0 Å². The third-order valence-electron chi connectivity index (χ3n) is 29.3. The average Bonchev–Trinajstić information content (AvgIpc) is 1.52. The summed E-state index contributed by atoms with van der Waals surface area (Å²) in [5.41, 5.74) is 24.8. The molecule has 12 heterocycles. The summed E-state index contributed by atoms with van der Waals surface area (Å²) in [5, 5.41) is 35.5. The summed E-state index contributed by atoms with van der Waals surface area (Å²) in [4.78, 5) is 31.3. The molecule has 21 aromatic carbocycles. The minimum atomic E-state index is 0.671. The fourth-order valence-electron chi connectivity index (χ4n) is 23.7. The molecule has 0 radical (unpaired) electrons. The van der Waals surface area contributed by atoms with Gasteiger partial charge >= 0.3 is 0 Å². The van der Waals surface area contributed by atoms with Crippen molar-refractivity contribution >= 4 is 256 Å². The van der Waals surface area contributed by atoms with Crippen LogP contribution in [0.2, 0.25) is 0 Å². The van der Waals surface area contributed by atoms with Crippen molar-refractivity contribution in [1.29, 1.82) is 0 Å². The van der Waals surface area contributed by atoms with Crippen LogP contribution in [-0.4, -0.2) is 56.8 Å². The second-order valence-electron chi connectivity index (χ2n) is 36.2. The molecule has 0 bridgehead atoms. The Kier molecular flexibility index (Phi) is 14.8. The molecule has 0 aliphatic heterocycles. The Labute approximate surface area is 772 Å². The molecule has 12 nitrogen and oxygen atoms in total. The van der Waals surface area contributed by atoms with Gasteiger partial charge in [-0.2, -0.15) is 0 Å². The normalized spacial score (nSPS) is 12.4. The summed E-state index contributed by atoms with van der Waals surface area (Å²) < 4.78 is 14.3. The van der Waals surface area contributed by atoms with E-state index in [-0.39, 0.29) is 0 Å². The first-order valence-corrected chi connectivity index (χ1v) is 46.4. The van der Waals surface area contributed by atoms with Gasteiger partial charge in [0.05, 0.1) is 111 Å². The van der Waals surface area contributed by atoms with Gasteiger partial charge in [0, 0.05) is 147 Å². The van der Waals surface area contributed by atoms with Gasteiger partial charge in [-0.15, -0.1) is 0 Å². The van der Waals surface area contributed by atoms with Crippen molar-refractivity contribution in [3.8, 4) is 40.4 Å². The molecule has 0 unspecified atom stereocenters. The molecular weight excluding hydrogens is 1660 g/mol. The molecule has 0 fully saturated rings. The second-order valence-corrected chi connectivity index (χ2v) is 36.2. The van der Waals surface area contributed by atoms with E-state index >= 15 is 0 Å². The fraction of sp³-hybridized carbons (Fsp3) is 0. The van der Waals surface area contributed by atoms with Crippen molar-refractivity contribution in [1.82, 2.24) is 56.8 Å². The molecule has 136 heavy (non-hydrogen) atoms. The Morgan fingerprint density at radius 1 is 0.154 bits per heavy atom. The van der Waals surface area contributed by atoms with Crippen LogP contribution in [0.3, 0.4) is 0 Å². The average molecular weight is 1730 g/mol. The monoisotopic (exact) mass is 1730 g/mol. The zero-order valence-electron chi connectivity index (χ0n) is 72.8. The molecule has 626 valence electrons. The molecule has 33 aromatic rings. The van der Waals surface area contributed by atoms with Crippen molar-refractivity contribution in [2.75, 3.05) is 0 Å². The SMILES string of the molecule is c1ccc(-c2nc(-n3c4ccccc4c4c5c6ccc7ccccc7c6n6c7ccccc7c(cc43)c56)nc3ccccc23)cc1.c1ccc2cc(-c3nc(-n4c5ccccc5c5c6c7ccc8ccccc8c7n7c8ccccc8c(cc54)c67)nc4ccccc34)ccc2c1.c1ccc2nc(-n3c4ccccc4c4c5c6ccc7ccccc7c6n6c7ccccc7c(cc43)c56)ncc2c1. The van der Waals surface area contributed by atoms with E-state index in [1.165, 1.54) is 190 Å². The molecular formula is C124H70N12. The zero-order chi connectivity index (χ0) is 88.4. The van der Waals surface area contributed by atoms with Crippen LogP contribution < -0.4 is 0 Å². The zero-order valence-corrected chi connectivity index (χ0v) is 72.8. The summed E-state index contributed by atoms with van der Waals surface area (Å²) in [7, 11) is 0. The van der Waals surface area contributed by atoms with Crippen LogP contribution in [0.15, 0.2) is 425 Å². The summed E-state index contributed by atoms with van der Waals surface area (Å²) in [6.07, 6.45) is 1.93. The molecule has 33 rings (SSSR count). The number of fused-ring (bicyclic) bond motifs is 40. The smallest absolute Gasteiger partial charge is 0.235 e. The standard InChI is InChI=1S/C46H26N4.C42H24N4.C36H20N4/c1-2-13-29-25-30(22-21-27(29)11-1)43-33-16-5-8-18-37(33)47-46(48-43)49-39-20-10-7-17-34(39)41-40(49)26-36-32-15-6-9-19-38(32)50-44-31-14-4-3-12-28(31)23-24-35(44)42(41)45(36)50;1-2-13-26(14-3-1)39-29-17-6-9-19-33(29)43-42(44-39)45-35-21-11-8-18-30(35)37-36(45)24-32-28-16-7-10-20-34(28)46-40-27-15-5-4-12-25(27)22-23-31(40)38(37)41(32)46;1-3-11-23-21(9-1)17-18-26-33-32-25-13-5-8-16-30(25)39(36-37-20-22-10-2-6-14-28(22)38-36)31(32)19-27-24-12-4-7-15-29(24)40(34(23)26)35(27)33/h1-26H;1-24H;1-20H. The molecule has 0 amide bonds. The first-order chi connectivity index (χ1) is 67.5. The molecule has 0 saturated heterocycles. The largest absolute Gasteiger partial charge is 0.307 e. The van der Waals surface area contributed by atoms with Gasteiger partial charge in [0.2, 0.25) is 17.8 Å². The number of rotatable bonds is 5.